The minimum absolute atomic E-state index is 0.844. The van der Waals surface area contributed by atoms with Gasteiger partial charge in [-0.25, -0.2) is 0 Å². The van der Waals surface area contributed by atoms with Crippen molar-refractivity contribution in [3.63, 3.8) is 0 Å². The number of benzene rings is 1. The molecule has 0 aliphatic carbocycles. The van der Waals surface area contributed by atoms with E-state index in [1.165, 1.54) is 5.56 Å². The molecule has 0 amide bonds. The summed E-state index contributed by atoms with van der Waals surface area (Å²) in [7, 11) is 3.57. The van der Waals surface area contributed by atoms with Gasteiger partial charge in [-0.3, -0.25) is 4.98 Å². The van der Waals surface area contributed by atoms with Crippen LogP contribution in [0.5, 0.6) is 5.75 Å². The summed E-state index contributed by atoms with van der Waals surface area (Å²) in [5.41, 5.74) is 4.16. The Balaban J connectivity index is 2.54. The second-order valence-corrected chi connectivity index (χ2v) is 3.88. The lowest BCUT2D eigenvalue weighted by Gasteiger charge is -2.10. The lowest BCUT2D eigenvalue weighted by Crippen LogP contribution is -1.93. The summed E-state index contributed by atoms with van der Waals surface area (Å²) in [5.74, 6) is 0.844. The van der Waals surface area contributed by atoms with E-state index in [1.807, 2.05) is 31.3 Å². The Bertz CT molecular complexity index is 523. The predicted molar refractivity (Wildman–Crippen MR) is 70.5 cm³/mol. The number of methoxy groups -OCH3 is 1. The number of aryl methyl sites for hydroxylation is 1. The van der Waals surface area contributed by atoms with Crippen LogP contribution in [0.4, 0.5) is 5.69 Å². The van der Waals surface area contributed by atoms with Crippen molar-refractivity contribution in [2.24, 2.45) is 0 Å². The Hall–Kier alpha value is -2.03. The lowest BCUT2D eigenvalue weighted by atomic mass is 10.1. The van der Waals surface area contributed by atoms with Crippen molar-refractivity contribution in [3.05, 3.63) is 42.1 Å². The fourth-order valence-electron chi connectivity index (χ4n) is 1.76. The quantitative estimate of drug-likeness (QED) is 0.876. The van der Waals surface area contributed by atoms with Crippen LogP contribution in [0.15, 0.2) is 36.5 Å². The molecule has 0 fully saturated rings. The SMILES string of the molecule is CNc1ccnc(-c2cc(C)ccc2OC)c1. The molecule has 0 unspecified atom stereocenters. The van der Waals surface area contributed by atoms with E-state index in [0.29, 0.717) is 0 Å². The number of pyridine rings is 1. The fourth-order valence-corrected chi connectivity index (χ4v) is 1.76. The highest BCUT2D eigenvalue weighted by atomic mass is 16.5. The largest absolute Gasteiger partial charge is 0.496 e. The molecule has 2 rings (SSSR count). The van der Waals surface area contributed by atoms with E-state index in [0.717, 1.165) is 22.7 Å². The van der Waals surface area contributed by atoms with Gasteiger partial charge < -0.3 is 10.1 Å². The highest BCUT2D eigenvalue weighted by Crippen LogP contribution is 2.30. The van der Waals surface area contributed by atoms with E-state index in [2.05, 4.69) is 23.3 Å². The van der Waals surface area contributed by atoms with Crippen LogP contribution in [-0.2, 0) is 0 Å². The van der Waals surface area contributed by atoms with E-state index in [-0.39, 0.29) is 0 Å². The van der Waals surface area contributed by atoms with Crippen molar-refractivity contribution in [1.29, 1.82) is 0 Å². The molecule has 0 radical (unpaired) electrons. The van der Waals surface area contributed by atoms with E-state index in [1.54, 1.807) is 13.3 Å². The first-order valence-corrected chi connectivity index (χ1v) is 5.53. The Morgan fingerprint density at radius 2 is 2.00 bits per heavy atom. The van der Waals surface area contributed by atoms with Crippen LogP contribution in [-0.4, -0.2) is 19.1 Å². The molecule has 0 aliphatic heterocycles. The summed E-state index contributed by atoms with van der Waals surface area (Å²) in [4.78, 5) is 4.39. The van der Waals surface area contributed by atoms with Crippen molar-refractivity contribution in [1.82, 2.24) is 4.98 Å². The molecule has 3 heteroatoms. The Morgan fingerprint density at radius 3 is 2.71 bits per heavy atom. The molecule has 0 spiro atoms. The van der Waals surface area contributed by atoms with Gasteiger partial charge >= 0.3 is 0 Å². The third-order valence-electron chi connectivity index (χ3n) is 2.68. The number of nitrogens with zero attached hydrogens (tertiary/aromatic N) is 1. The smallest absolute Gasteiger partial charge is 0.128 e. The second kappa shape index (κ2) is 4.87. The predicted octanol–water partition coefficient (Wildman–Crippen LogP) is 3.11. The van der Waals surface area contributed by atoms with Crippen LogP contribution in [0.2, 0.25) is 0 Å². The molecule has 1 aromatic carbocycles. The van der Waals surface area contributed by atoms with Gasteiger partial charge in [0.05, 0.1) is 12.8 Å². The second-order valence-electron chi connectivity index (χ2n) is 3.88. The molecule has 1 heterocycles. The maximum absolute atomic E-state index is 5.37. The molecule has 0 aliphatic rings. The maximum atomic E-state index is 5.37. The average molecular weight is 228 g/mol. The van der Waals surface area contributed by atoms with Crippen LogP contribution in [0.1, 0.15) is 5.56 Å². The van der Waals surface area contributed by atoms with Crippen LogP contribution >= 0.6 is 0 Å². The fraction of sp³-hybridized carbons (Fsp3) is 0.214. The molecule has 0 saturated heterocycles. The number of anilines is 1. The summed E-state index contributed by atoms with van der Waals surface area (Å²) >= 11 is 0. The number of hydrogen-bond donors (Lipinski definition) is 1. The molecular weight excluding hydrogens is 212 g/mol. The number of hydrogen-bond acceptors (Lipinski definition) is 3. The van der Waals surface area contributed by atoms with Crippen molar-refractivity contribution >= 4 is 5.69 Å². The summed E-state index contributed by atoms with van der Waals surface area (Å²) in [6.07, 6.45) is 1.79. The number of rotatable bonds is 3. The minimum atomic E-state index is 0.844. The molecule has 3 nitrogen and oxygen atoms in total. The van der Waals surface area contributed by atoms with Gasteiger partial charge in [0.1, 0.15) is 5.75 Å². The zero-order valence-electron chi connectivity index (χ0n) is 10.3. The summed E-state index contributed by atoms with van der Waals surface area (Å²) < 4.78 is 5.37. The Kier molecular flexibility index (Phi) is 3.28. The molecule has 88 valence electrons. The van der Waals surface area contributed by atoms with Crippen LogP contribution in [0.3, 0.4) is 0 Å². The van der Waals surface area contributed by atoms with Crippen molar-refractivity contribution < 1.29 is 4.74 Å². The summed E-state index contributed by atoms with van der Waals surface area (Å²) in [6.45, 7) is 2.06. The normalized spacial score (nSPS) is 10.1. The Morgan fingerprint density at radius 1 is 1.18 bits per heavy atom. The van der Waals surface area contributed by atoms with Crippen molar-refractivity contribution in [3.8, 4) is 17.0 Å². The lowest BCUT2D eigenvalue weighted by molar-refractivity contribution is 0.416. The topological polar surface area (TPSA) is 34.2 Å². The number of nitrogens with one attached hydrogen (secondary N) is 1. The van der Waals surface area contributed by atoms with E-state index in [4.69, 9.17) is 4.74 Å². The van der Waals surface area contributed by atoms with Gasteiger partial charge in [0, 0.05) is 24.5 Å². The maximum Gasteiger partial charge on any atom is 0.128 e. The van der Waals surface area contributed by atoms with Gasteiger partial charge in [-0.15, -0.1) is 0 Å². The molecule has 0 saturated carbocycles. The number of aromatic nitrogens is 1. The third kappa shape index (κ3) is 2.38. The van der Waals surface area contributed by atoms with Crippen LogP contribution in [0, 0.1) is 6.92 Å². The van der Waals surface area contributed by atoms with E-state index >= 15 is 0 Å². The van der Waals surface area contributed by atoms with Crippen molar-refractivity contribution in [2.45, 2.75) is 6.92 Å². The van der Waals surface area contributed by atoms with Gasteiger partial charge in [0.25, 0.3) is 0 Å². The number of ether oxygens (including phenoxy) is 1. The zero-order chi connectivity index (χ0) is 12.3. The minimum Gasteiger partial charge on any atom is -0.496 e. The first-order chi connectivity index (χ1) is 8.24. The zero-order valence-corrected chi connectivity index (χ0v) is 10.3. The molecule has 0 atom stereocenters. The standard InChI is InChI=1S/C14H16N2O/c1-10-4-5-14(17-3)12(8-10)13-9-11(15-2)6-7-16-13/h4-9H,1-3H3,(H,15,16). The monoisotopic (exact) mass is 228 g/mol. The van der Waals surface area contributed by atoms with Crippen LogP contribution < -0.4 is 10.1 Å². The summed E-state index contributed by atoms with van der Waals surface area (Å²) in [5, 5.41) is 3.11. The first kappa shape index (κ1) is 11.5. The van der Waals surface area contributed by atoms with Crippen molar-refractivity contribution in [2.75, 3.05) is 19.5 Å². The molecule has 1 aromatic heterocycles. The third-order valence-corrected chi connectivity index (χ3v) is 2.68. The molecule has 17 heavy (non-hydrogen) atoms. The molecule has 1 N–H and O–H groups in total. The molecular formula is C14H16N2O. The van der Waals surface area contributed by atoms with Gasteiger partial charge in [-0.1, -0.05) is 11.6 Å². The van der Waals surface area contributed by atoms with Gasteiger partial charge in [-0.2, -0.15) is 0 Å². The summed E-state index contributed by atoms with van der Waals surface area (Å²) in [6, 6.07) is 10.0. The van der Waals surface area contributed by atoms with Gasteiger partial charge in [-0.05, 0) is 31.2 Å². The van der Waals surface area contributed by atoms with Crippen LogP contribution in [0.25, 0.3) is 11.3 Å². The van der Waals surface area contributed by atoms with Gasteiger partial charge in [0.2, 0.25) is 0 Å². The van der Waals surface area contributed by atoms with E-state index < -0.39 is 0 Å². The Labute approximate surface area is 101 Å². The molecule has 2 aromatic rings. The van der Waals surface area contributed by atoms with Gasteiger partial charge in [0.15, 0.2) is 0 Å². The highest BCUT2D eigenvalue weighted by Gasteiger charge is 2.07. The average Bonchev–Trinajstić information content (AvgIpc) is 2.39. The first-order valence-electron chi connectivity index (χ1n) is 5.53. The highest BCUT2D eigenvalue weighted by molar-refractivity contribution is 5.70. The van der Waals surface area contributed by atoms with E-state index in [9.17, 15) is 0 Å². The molecule has 0 bridgehead atoms.